The van der Waals surface area contributed by atoms with Crippen molar-refractivity contribution in [2.75, 3.05) is 5.75 Å². The minimum Gasteiger partial charge on any atom is -0.391 e. The highest BCUT2D eigenvalue weighted by molar-refractivity contribution is 7.91. The lowest BCUT2D eigenvalue weighted by atomic mass is 10.1. The normalized spacial score (nSPS) is 21.5. The molecule has 0 aromatic heterocycles. The molecule has 2 aromatic carbocycles. The highest BCUT2D eigenvalue weighted by Crippen LogP contribution is 2.31. The third-order valence-electron chi connectivity index (χ3n) is 4.52. The van der Waals surface area contributed by atoms with Gasteiger partial charge in [0.2, 0.25) is 0 Å². The Bertz CT molecular complexity index is 815. The van der Waals surface area contributed by atoms with Crippen molar-refractivity contribution in [3.8, 4) is 0 Å². The first-order valence-corrected chi connectivity index (χ1v) is 9.83. The number of nitrogens with one attached hydrogen (secondary N) is 1. The molecule has 128 valence electrons. The lowest BCUT2D eigenvalue weighted by Crippen LogP contribution is -2.39. The van der Waals surface area contributed by atoms with Crippen molar-refractivity contribution in [2.45, 2.75) is 43.4 Å². The number of sulfone groups is 1. The van der Waals surface area contributed by atoms with Gasteiger partial charge in [0.15, 0.2) is 9.84 Å². The second-order valence-corrected chi connectivity index (χ2v) is 8.64. The van der Waals surface area contributed by atoms with Crippen LogP contribution in [-0.2, 0) is 16.3 Å². The monoisotopic (exact) mass is 345 g/mol. The molecule has 1 aliphatic carbocycles. The minimum absolute atomic E-state index is 0.00144. The molecular weight excluding hydrogens is 322 g/mol. The van der Waals surface area contributed by atoms with E-state index in [-0.39, 0.29) is 17.8 Å². The minimum atomic E-state index is -3.36. The summed E-state index contributed by atoms with van der Waals surface area (Å²) in [4.78, 5) is 0.342. The molecule has 2 N–H and O–H groups in total. The van der Waals surface area contributed by atoms with E-state index in [2.05, 4.69) is 5.32 Å². The van der Waals surface area contributed by atoms with Gasteiger partial charge in [-0.1, -0.05) is 42.0 Å². The zero-order valence-electron chi connectivity index (χ0n) is 13.9. The van der Waals surface area contributed by atoms with Crippen LogP contribution in [0, 0.1) is 6.92 Å². The van der Waals surface area contributed by atoms with Gasteiger partial charge in [-0.3, -0.25) is 0 Å². The van der Waals surface area contributed by atoms with Crippen LogP contribution in [0.15, 0.2) is 53.4 Å². The molecule has 0 radical (unpaired) electrons. The van der Waals surface area contributed by atoms with Crippen LogP contribution < -0.4 is 5.32 Å². The molecule has 0 saturated heterocycles. The van der Waals surface area contributed by atoms with E-state index in [0.29, 0.717) is 11.3 Å². The van der Waals surface area contributed by atoms with E-state index in [1.165, 1.54) is 0 Å². The van der Waals surface area contributed by atoms with Gasteiger partial charge in [0.1, 0.15) is 0 Å². The summed E-state index contributed by atoms with van der Waals surface area (Å²) in [7, 11) is -3.36. The smallest absolute Gasteiger partial charge is 0.179 e. The number of benzene rings is 2. The quantitative estimate of drug-likeness (QED) is 0.873. The van der Waals surface area contributed by atoms with Gasteiger partial charge in [-0.05, 0) is 37.1 Å². The molecule has 0 spiro atoms. The highest BCUT2D eigenvalue weighted by Gasteiger charge is 2.32. The maximum atomic E-state index is 12.6. The molecule has 4 nitrogen and oxygen atoms in total. The molecule has 3 rings (SSSR count). The topological polar surface area (TPSA) is 66.4 Å². The molecule has 5 heteroatoms. The van der Waals surface area contributed by atoms with E-state index in [1.807, 2.05) is 50.2 Å². The molecular formula is C19H23NO3S. The van der Waals surface area contributed by atoms with Gasteiger partial charge in [-0.2, -0.15) is 0 Å². The van der Waals surface area contributed by atoms with Crippen molar-refractivity contribution in [1.82, 2.24) is 5.32 Å². The van der Waals surface area contributed by atoms with Crippen LogP contribution in [0.25, 0.3) is 0 Å². The summed E-state index contributed by atoms with van der Waals surface area (Å²) in [6, 6.07) is 14.3. The Balaban J connectivity index is 1.72. The van der Waals surface area contributed by atoms with E-state index in [4.69, 9.17) is 0 Å². The van der Waals surface area contributed by atoms with Gasteiger partial charge in [0, 0.05) is 12.5 Å². The summed E-state index contributed by atoms with van der Waals surface area (Å²) >= 11 is 0. The third-order valence-corrected chi connectivity index (χ3v) is 6.45. The molecule has 0 saturated carbocycles. The zero-order valence-corrected chi connectivity index (χ0v) is 14.8. The fraction of sp³-hybridized carbons (Fsp3) is 0.368. The fourth-order valence-electron chi connectivity index (χ4n) is 3.30. The molecule has 24 heavy (non-hydrogen) atoms. The second-order valence-electron chi connectivity index (χ2n) is 6.61. The summed E-state index contributed by atoms with van der Waals surface area (Å²) in [6.07, 6.45) is 0.0811. The molecule has 0 aliphatic heterocycles. The van der Waals surface area contributed by atoms with Gasteiger partial charge in [0.05, 0.1) is 22.8 Å². The van der Waals surface area contributed by atoms with E-state index >= 15 is 0 Å². The Hall–Kier alpha value is -1.69. The number of rotatable bonds is 5. The molecule has 2 aromatic rings. The van der Waals surface area contributed by atoms with E-state index in [0.717, 1.165) is 16.7 Å². The van der Waals surface area contributed by atoms with Gasteiger partial charge in [-0.15, -0.1) is 0 Å². The maximum absolute atomic E-state index is 12.6. The molecule has 0 amide bonds. The maximum Gasteiger partial charge on any atom is 0.179 e. The molecule has 0 fully saturated rings. The third kappa shape index (κ3) is 3.53. The fourth-order valence-corrected chi connectivity index (χ4v) is 4.80. The van der Waals surface area contributed by atoms with Crippen molar-refractivity contribution < 1.29 is 13.5 Å². The summed E-state index contributed by atoms with van der Waals surface area (Å²) in [5.41, 5.74) is 3.21. The second kappa shape index (κ2) is 6.67. The van der Waals surface area contributed by atoms with Crippen LogP contribution in [0.5, 0.6) is 0 Å². The number of hydrogen-bond acceptors (Lipinski definition) is 4. The SMILES string of the molecule is Cc1ccc(S(=O)(=O)C[C@H](C)N[C@@H]2c3ccccc3C[C@@H]2O)cc1. The molecule has 1 aliphatic rings. The first kappa shape index (κ1) is 17.1. The summed E-state index contributed by atoms with van der Waals surface area (Å²) in [5.74, 6) is 0.00144. The van der Waals surface area contributed by atoms with Crippen molar-refractivity contribution >= 4 is 9.84 Å². The zero-order chi connectivity index (χ0) is 17.3. The van der Waals surface area contributed by atoms with Crippen LogP contribution in [0.1, 0.15) is 29.7 Å². The number of aryl methyl sites for hydroxylation is 1. The van der Waals surface area contributed by atoms with Crippen molar-refractivity contribution in [3.63, 3.8) is 0 Å². The predicted molar refractivity (Wildman–Crippen MR) is 94.7 cm³/mol. The van der Waals surface area contributed by atoms with Gasteiger partial charge < -0.3 is 10.4 Å². The number of hydrogen-bond donors (Lipinski definition) is 2. The van der Waals surface area contributed by atoms with Crippen LogP contribution in [0.3, 0.4) is 0 Å². The Morgan fingerprint density at radius 1 is 1.17 bits per heavy atom. The Morgan fingerprint density at radius 2 is 1.83 bits per heavy atom. The lowest BCUT2D eigenvalue weighted by Gasteiger charge is -2.23. The molecule has 0 bridgehead atoms. The highest BCUT2D eigenvalue weighted by atomic mass is 32.2. The summed E-state index contributed by atoms with van der Waals surface area (Å²) in [6.45, 7) is 3.78. The van der Waals surface area contributed by atoms with Crippen molar-refractivity contribution in [3.05, 3.63) is 65.2 Å². The average Bonchev–Trinajstić information content (AvgIpc) is 2.83. The Labute approximate surface area is 143 Å². The Morgan fingerprint density at radius 3 is 2.54 bits per heavy atom. The first-order valence-electron chi connectivity index (χ1n) is 8.18. The van der Waals surface area contributed by atoms with E-state index < -0.39 is 15.9 Å². The van der Waals surface area contributed by atoms with E-state index in [1.54, 1.807) is 12.1 Å². The van der Waals surface area contributed by atoms with Crippen LogP contribution in [-0.4, -0.2) is 31.4 Å². The van der Waals surface area contributed by atoms with Crippen molar-refractivity contribution in [1.29, 1.82) is 0 Å². The summed E-state index contributed by atoms with van der Waals surface area (Å²) in [5, 5.41) is 13.6. The molecule has 3 atom stereocenters. The van der Waals surface area contributed by atoms with Crippen LogP contribution in [0.4, 0.5) is 0 Å². The van der Waals surface area contributed by atoms with Gasteiger partial charge in [0.25, 0.3) is 0 Å². The number of fused-ring (bicyclic) bond motifs is 1. The Kier molecular flexibility index (Phi) is 4.76. The largest absolute Gasteiger partial charge is 0.391 e. The van der Waals surface area contributed by atoms with Crippen LogP contribution >= 0.6 is 0 Å². The molecule has 0 heterocycles. The predicted octanol–water partition coefficient (Wildman–Crippen LogP) is 2.41. The van der Waals surface area contributed by atoms with Crippen LogP contribution in [0.2, 0.25) is 0 Å². The summed E-state index contributed by atoms with van der Waals surface area (Å²) < 4.78 is 25.1. The average molecular weight is 345 g/mol. The lowest BCUT2D eigenvalue weighted by molar-refractivity contribution is 0.137. The number of aliphatic hydroxyl groups excluding tert-OH is 1. The first-order chi connectivity index (χ1) is 11.4. The van der Waals surface area contributed by atoms with Gasteiger partial charge in [-0.25, -0.2) is 8.42 Å². The van der Waals surface area contributed by atoms with E-state index in [9.17, 15) is 13.5 Å². The van der Waals surface area contributed by atoms with Gasteiger partial charge >= 0.3 is 0 Å². The molecule has 0 unspecified atom stereocenters. The number of aliphatic hydroxyl groups is 1. The standard InChI is InChI=1S/C19H23NO3S/c1-13-7-9-16(10-8-13)24(22,23)12-14(2)20-19-17-6-4-3-5-15(17)11-18(19)21/h3-10,14,18-21H,11-12H2,1-2H3/t14-,18-,19+/m0/s1. The van der Waals surface area contributed by atoms with Crippen molar-refractivity contribution in [2.24, 2.45) is 0 Å².